The van der Waals surface area contributed by atoms with E-state index in [1.54, 1.807) is 6.07 Å². The standard InChI is InChI=1S/C15H23FN2O/c1-15(2,19)12-18-9-7-17(8-10-18)11-13-5-3-4-6-14(13)16/h3-6,19H,7-12H2,1-2H3. The molecule has 1 aromatic rings. The van der Waals surface area contributed by atoms with E-state index in [-0.39, 0.29) is 5.82 Å². The Hall–Kier alpha value is -0.970. The van der Waals surface area contributed by atoms with Crippen molar-refractivity contribution in [2.24, 2.45) is 0 Å². The lowest BCUT2D eigenvalue weighted by atomic mass is 10.1. The molecule has 0 radical (unpaired) electrons. The largest absolute Gasteiger partial charge is 0.389 e. The number of β-amino-alcohol motifs (C(OH)–C–C–N with tert-alkyl or cyclic N) is 1. The predicted octanol–water partition coefficient (Wildman–Crippen LogP) is 1.71. The topological polar surface area (TPSA) is 26.7 Å². The van der Waals surface area contributed by atoms with Gasteiger partial charge in [0.2, 0.25) is 0 Å². The summed E-state index contributed by atoms with van der Waals surface area (Å²) >= 11 is 0. The fraction of sp³-hybridized carbons (Fsp3) is 0.600. The maximum absolute atomic E-state index is 13.6. The van der Waals surface area contributed by atoms with Crippen molar-refractivity contribution < 1.29 is 9.50 Å². The van der Waals surface area contributed by atoms with Crippen molar-refractivity contribution >= 4 is 0 Å². The van der Waals surface area contributed by atoms with Gasteiger partial charge in [-0.1, -0.05) is 18.2 Å². The highest BCUT2D eigenvalue weighted by atomic mass is 19.1. The van der Waals surface area contributed by atoms with Gasteiger partial charge in [0, 0.05) is 44.8 Å². The summed E-state index contributed by atoms with van der Waals surface area (Å²) in [5.74, 6) is -0.124. The molecule has 1 aliphatic rings. The zero-order valence-electron chi connectivity index (χ0n) is 11.8. The van der Waals surface area contributed by atoms with E-state index in [0.717, 1.165) is 31.7 Å². The van der Waals surface area contributed by atoms with Gasteiger partial charge in [-0.25, -0.2) is 4.39 Å². The van der Waals surface area contributed by atoms with Crippen LogP contribution in [-0.4, -0.2) is 53.2 Å². The maximum Gasteiger partial charge on any atom is 0.127 e. The Labute approximate surface area is 114 Å². The van der Waals surface area contributed by atoms with Crippen LogP contribution in [-0.2, 0) is 6.54 Å². The second kappa shape index (κ2) is 5.99. The van der Waals surface area contributed by atoms with Gasteiger partial charge in [0.25, 0.3) is 0 Å². The summed E-state index contributed by atoms with van der Waals surface area (Å²) in [7, 11) is 0. The Kier molecular flexibility index (Phi) is 4.55. The van der Waals surface area contributed by atoms with E-state index < -0.39 is 5.60 Å². The van der Waals surface area contributed by atoms with Crippen molar-refractivity contribution in [2.75, 3.05) is 32.7 Å². The number of piperazine rings is 1. The van der Waals surface area contributed by atoms with Gasteiger partial charge in [0.15, 0.2) is 0 Å². The van der Waals surface area contributed by atoms with Crippen LogP contribution < -0.4 is 0 Å². The zero-order chi connectivity index (χ0) is 13.9. The molecule has 1 fully saturated rings. The minimum atomic E-state index is -0.645. The molecule has 1 aromatic carbocycles. The molecule has 0 atom stereocenters. The molecular weight excluding hydrogens is 243 g/mol. The smallest absolute Gasteiger partial charge is 0.127 e. The molecule has 2 rings (SSSR count). The number of nitrogens with zero attached hydrogens (tertiary/aromatic N) is 2. The van der Waals surface area contributed by atoms with Gasteiger partial charge in [-0.2, -0.15) is 0 Å². The molecule has 1 aliphatic heterocycles. The summed E-state index contributed by atoms with van der Waals surface area (Å²) in [6.07, 6.45) is 0. The first-order valence-corrected chi connectivity index (χ1v) is 6.84. The van der Waals surface area contributed by atoms with E-state index in [2.05, 4.69) is 9.80 Å². The first-order chi connectivity index (χ1) is 8.94. The maximum atomic E-state index is 13.6. The van der Waals surface area contributed by atoms with Crippen molar-refractivity contribution in [1.29, 1.82) is 0 Å². The quantitative estimate of drug-likeness (QED) is 0.899. The number of aliphatic hydroxyl groups is 1. The van der Waals surface area contributed by atoms with Crippen molar-refractivity contribution in [1.82, 2.24) is 9.80 Å². The highest BCUT2D eigenvalue weighted by Crippen LogP contribution is 2.13. The van der Waals surface area contributed by atoms with Crippen LogP contribution in [0.1, 0.15) is 19.4 Å². The van der Waals surface area contributed by atoms with Crippen LogP contribution in [0.2, 0.25) is 0 Å². The summed E-state index contributed by atoms with van der Waals surface area (Å²) in [6, 6.07) is 6.96. The molecule has 0 aliphatic carbocycles. The van der Waals surface area contributed by atoms with Gasteiger partial charge in [-0.05, 0) is 19.9 Å². The van der Waals surface area contributed by atoms with Crippen LogP contribution >= 0.6 is 0 Å². The van der Waals surface area contributed by atoms with Gasteiger partial charge >= 0.3 is 0 Å². The minimum absolute atomic E-state index is 0.124. The second-order valence-corrected chi connectivity index (χ2v) is 5.96. The third kappa shape index (κ3) is 4.56. The van der Waals surface area contributed by atoms with Gasteiger partial charge in [0.05, 0.1) is 5.60 Å². The molecule has 19 heavy (non-hydrogen) atoms. The number of halogens is 1. The van der Waals surface area contributed by atoms with Crippen LogP contribution in [0, 0.1) is 5.82 Å². The lowest BCUT2D eigenvalue weighted by Crippen LogP contribution is -2.50. The molecule has 3 nitrogen and oxygen atoms in total. The van der Waals surface area contributed by atoms with Crippen LogP contribution in [0.3, 0.4) is 0 Å². The molecule has 1 saturated heterocycles. The zero-order valence-corrected chi connectivity index (χ0v) is 11.8. The number of hydrogen-bond donors (Lipinski definition) is 1. The third-order valence-corrected chi connectivity index (χ3v) is 3.43. The average molecular weight is 266 g/mol. The molecule has 0 spiro atoms. The van der Waals surface area contributed by atoms with Crippen LogP contribution in [0.5, 0.6) is 0 Å². The van der Waals surface area contributed by atoms with Gasteiger partial charge in [-0.3, -0.25) is 9.80 Å². The normalized spacial score (nSPS) is 18.7. The molecule has 0 bridgehead atoms. The van der Waals surface area contributed by atoms with Crippen molar-refractivity contribution in [2.45, 2.75) is 26.0 Å². The number of hydrogen-bond acceptors (Lipinski definition) is 3. The lowest BCUT2D eigenvalue weighted by Gasteiger charge is -2.37. The van der Waals surface area contributed by atoms with Crippen LogP contribution in [0.4, 0.5) is 4.39 Å². The van der Waals surface area contributed by atoms with E-state index >= 15 is 0 Å². The van der Waals surface area contributed by atoms with Crippen LogP contribution in [0.25, 0.3) is 0 Å². The second-order valence-electron chi connectivity index (χ2n) is 5.96. The van der Waals surface area contributed by atoms with Crippen molar-refractivity contribution in [3.63, 3.8) is 0 Å². The first-order valence-electron chi connectivity index (χ1n) is 6.84. The predicted molar refractivity (Wildman–Crippen MR) is 74.4 cm³/mol. The summed E-state index contributed by atoms with van der Waals surface area (Å²) in [5, 5.41) is 9.80. The molecule has 4 heteroatoms. The Morgan fingerprint density at radius 3 is 2.26 bits per heavy atom. The fourth-order valence-electron chi connectivity index (χ4n) is 2.52. The van der Waals surface area contributed by atoms with Gasteiger partial charge < -0.3 is 5.11 Å². The first kappa shape index (κ1) is 14.4. The summed E-state index contributed by atoms with van der Waals surface area (Å²) in [5.41, 5.74) is 0.117. The number of rotatable bonds is 4. The highest BCUT2D eigenvalue weighted by molar-refractivity contribution is 5.17. The summed E-state index contributed by atoms with van der Waals surface area (Å²) < 4.78 is 13.6. The molecule has 1 heterocycles. The van der Waals surface area contributed by atoms with E-state index in [4.69, 9.17) is 0 Å². The van der Waals surface area contributed by atoms with E-state index in [1.165, 1.54) is 6.07 Å². The Morgan fingerprint density at radius 1 is 1.11 bits per heavy atom. The van der Waals surface area contributed by atoms with Gasteiger partial charge in [0.1, 0.15) is 5.82 Å². The molecular formula is C15H23FN2O. The molecule has 0 amide bonds. The van der Waals surface area contributed by atoms with E-state index in [1.807, 2.05) is 26.0 Å². The van der Waals surface area contributed by atoms with Crippen LogP contribution in [0.15, 0.2) is 24.3 Å². The van der Waals surface area contributed by atoms with Gasteiger partial charge in [-0.15, -0.1) is 0 Å². The Balaban J connectivity index is 1.82. The Bertz CT molecular complexity index is 409. The minimum Gasteiger partial charge on any atom is -0.389 e. The molecule has 106 valence electrons. The molecule has 0 aromatic heterocycles. The van der Waals surface area contributed by atoms with E-state index in [9.17, 15) is 9.50 Å². The molecule has 1 N–H and O–H groups in total. The Morgan fingerprint density at radius 2 is 1.68 bits per heavy atom. The summed E-state index contributed by atoms with van der Waals surface area (Å²) in [4.78, 5) is 4.52. The third-order valence-electron chi connectivity index (χ3n) is 3.43. The highest BCUT2D eigenvalue weighted by Gasteiger charge is 2.22. The average Bonchev–Trinajstić information content (AvgIpc) is 2.33. The SMILES string of the molecule is CC(C)(O)CN1CCN(Cc2ccccc2F)CC1. The molecule has 0 saturated carbocycles. The molecule has 0 unspecified atom stereocenters. The van der Waals surface area contributed by atoms with Crippen molar-refractivity contribution in [3.05, 3.63) is 35.6 Å². The van der Waals surface area contributed by atoms with E-state index in [0.29, 0.717) is 13.1 Å². The monoisotopic (exact) mass is 266 g/mol. The lowest BCUT2D eigenvalue weighted by molar-refractivity contribution is 0.0165. The number of benzene rings is 1. The fourth-order valence-corrected chi connectivity index (χ4v) is 2.52. The summed E-state index contributed by atoms with van der Waals surface area (Å²) in [6.45, 7) is 8.73. The van der Waals surface area contributed by atoms with Crippen molar-refractivity contribution in [3.8, 4) is 0 Å².